The number of aryl methyl sites for hydroxylation is 3. The van der Waals surface area contributed by atoms with Gasteiger partial charge in [-0.1, -0.05) is 89.5 Å². The minimum absolute atomic E-state index is 0.178. The van der Waals surface area contributed by atoms with Crippen molar-refractivity contribution in [2.24, 2.45) is 0 Å². The molecular formula is C95H70N6O6S. The van der Waals surface area contributed by atoms with Crippen LogP contribution in [-0.2, 0) is 21.7 Å². The highest BCUT2D eigenvalue weighted by molar-refractivity contribution is 7.91. The van der Waals surface area contributed by atoms with Crippen molar-refractivity contribution in [3.8, 4) is 68.8 Å². The normalized spacial score (nSPS) is 12.4. The largest absolute Gasteiger partial charge is 0.497 e. The highest BCUT2D eigenvalue weighted by Gasteiger charge is 2.53. The predicted molar refractivity (Wildman–Crippen MR) is 432 cm³/mol. The number of fused-ring (bicyclic) bond motifs is 16. The molecule has 0 saturated heterocycles. The van der Waals surface area contributed by atoms with Gasteiger partial charge in [-0.05, 0) is 289 Å². The van der Waals surface area contributed by atoms with Crippen LogP contribution in [0.25, 0.3) is 77.2 Å². The number of ether oxygens (including phenoxy) is 4. The van der Waals surface area contributed by atoms with Crippen molar-refractivity contribution in [1.82, 2.24) is 9.13 Å². The molecule has 12 nitrogen and oxygen atoms in total. The fraction of sp³-hybridized carbons (Fsp3) is 0.0947. The highest BCUT2D eigenvalue weighted by atomic mass is 32.2. The summed E-state index contributed by atoms with van der Waals surface area (Å²) in [6, 6.07) is 103. The molecule has 0 saturated carbocycles. The zero-order valence-corrected chi connectivity index (χ0v) is 61.0. The number of aromatic nitrogens is 2. The Balaban J connectivity index is 0.645. The predicted octanol–water partition coefficient (Wildman–Crippen LogP) is 22.3. The van der Waals surface area contributed by atoms with Crippen LogP contribution < -0.4 is 28.7 Å². The van der Waals surface area contributed by atoms with Gasteiger partial charge in [-0.3, -0.25) is 0 Å². The summed E-state index contributed by atoms with van der Waals surface area (Å²) in [6.45, 7) is 6.73. The van der Waals surface area contributed by atoms with E-state index in [9.17, 15) is 18.9 Å². The number of anilines is 6. The molecule has 522 valence electrons. The van der Waals surface area contributed by atoms with Crippen LogP contribution in [0.15, 0.2) is 301 Å². The number of nitrogens with zero attached hydrogens (tertiary/aromatic N) is 6. The summed E-state index contributed by atoms with van der Waals surface area (Å²) in [7, 11) is 1.03. The standard InChI is InChI=1S/C95H70N6O6S/c1-59-7-17-65(18-8-59)98(66-19-9-60(2)10-20-66)71-29-41-81-82-42-30-72(52-90(82)95(89(81)51-71)87-49-63(57-96)15-39-79(87)80-40-16-64(58-97)50-88(80)95)99(67-21-11-61(3)12-22-67)68-23-13-62(14-24-68)47-48-107-76-34-46-94-86(56-76)85-55-75(106-6)33-45-93(85)101(94)70-27-37-78(38-28-70)108(102,103)77-35-25-69(26-36-77)100-91-43-31-73(104-4)53-83(91)84-54-74(105-5)32-44-92(84)100/h7-46,49-56H,47-48H2,1-6H3. The second-order valence-electron chi connectivity index (χ2n) is 27.9. The number of rotatable bonds is 17. The molecule has 2 aromatic heterocycles. The number of sulfone groups is 1. The second kappa shape index (κ2) is 26.2. The van der Waals surface area contributed by atoms with Crippen LogP contribution >= 0.6 is 0 Å². The average molecular weight is 1420 g/mol. The van der Waals surface area contributed by atoms with Gasteiger partial charge in [0.2, 0.25) is 9.84 Å². The Kier molecular flexibility index (Phi) is 16.1. The lowest BCUT2D eigenvalue weighted by Crippen LogP contribution is -2.27. The van der Waals surface area contributed by atoms with E-state index in [-0.39, 0.29) is 9.79 Å². The molecule has 18 rings (SSSR count). The fourth-order valence-electron chi connectivity index (χ4n) is 16.4. The Morgan fingerprint density at radius 3 is 1.02 bits per heavy atom. The van der Waals surface area contributed by atoms with Gasteiger partial charge in [-0.2, -0.15) is 10.5 Å². The minimum Gasteiger partial charge on any atom is -0.497 e. The van der Waals surface area contributed by atoms with Gasteiger partial charge >= 0.3 is 0 Å². The van der Waals surface area contributed by atoms with Gasteiger partial charge in [0.1, 0.15) is 23.0 Å². The van der Waals surface area contributed by atoms with Crippen LogP contribution in [0.4, 0.5) is 34.1 Å². The van der Waals surface area contributed by atoms with Gasteiger partial charge in [0.15, 0.2) is 0 Å². The third-order valence-corrected chi connectivity index (χ3v) is 23.5. The molecule has 0 aliphatic heterocycles. The van der Waals surface area contributed by atoms with Crippen LogP contribution in [0, 0.1) is 43.4 Å². The molecule has 2 heterocycles. The van der Waals surface area contributed by atoms with Crippen LogP contribution in [0.2, 0.25) is 0 Å². The maximum atomic E-state index is 14.5. The molecule has 0 N–H and O–H groups in total. The van der Waals surface area contributed by atoms with E-state index >= 15 is 0 Å². The first-order chi connectivity index (χ1) is 52.7. The van der Waals surface area contributed by atoms with Gasteiger partial charge in [-0.25, -0.2) is 8.42 Å². The first-order valence-corrected chi connectivity index (χ1v) is 37.4. The van der Waals surface area contributed by atoms with E-state index in [4.69, 9.17) is 18.9 Å². The summed E-state index contributed by atoms with van der Waals surface area (Å²) >= 11 is 0. The molecular weight excluding hydrogens is 1350 g/mol. The molecule has 13 heteroatoms. The first-order valence-electron chi connectivity index (χ1n) is 35.9. The van der Waals surface area contributed by atoms with E-state index in [1.807, 2.05) is 97.1 Å². The minimum atomic E-state index is -3.92. The smallest absolute Gasteiger partial charge is 0.206 e. The Morgan fingerprint density at radius 1 is 0.352 bits per heavy atom. The van der Waals surface area contributed by atoms with Crippen LogP contribution in [-0.4, -0.2) is 45.5 Å². The van der Waals surface area contributed by atoms with E-state index in [0.717, 1.165) is 156 Å². The van der Waals surface area contributed by atoms with Gasteiger partial charge in [0.05, 0.1) is 88.5 Å². The van der Waals surface area contributed by atoms with Crippen LogP contribution in [0.1, 0.15) is 55.6 Å². The summed E-state index contributed by atoms with van der Waals surface area (Å²) in [5, 5.41) is 25.3. The molecule has 0 bridgehead atoms. The second-order valence-corrected chi connectivity index (χ2v) is 29.8. The van der Waals surface area contributed by atoms with Crippen molar-refractivity contribution in [2.45, 2.75) is 42.4 Å². The first kappa shape index (κ1) is 66.4. The molecule has 0 amide bonds. The number of nitriles is 2. The zero-order valence-electron chi connectivity index (χ0n) is 60.2. The van der Waals surface area contributed by atoms with Gasteiger partial charge < -0.3 is 37.9 Å². The van der Waals surface area contributed by atoms with E-state index in [0.29, 0.717) is 35.7 Å². The molecule has 16 aromatic rings. The average Bonchev–Trinajstić information content (AvgIpc) is 1.50. The number of hydrogen-bond donors (Lipinski definition) is 0. The lowest BCUT2D eigenvalue weighted by atomic mass is 9.70. The zero-order chi connectivity index (χ0) is 73.7. The number of methoxy groups -OCH3 is 3. The highest BCUT2D eigenvalue weighted by Crippen LogP contribution is 2.64. The molecule has 0 unspecified atom stereocenters. The lowest BCUT2D eigenvalue weighted by molar-refractivity contribution is 0.322. The summed E-state index contributed by atoms with van der Waals surface area (Å²) in [4.78, 5) is 4.99. The maximum Gasteiger partial charge on any atom is 0.206 e. The van der Waals surface area contributed by atoms with Crippen molar-refractivity contribution < 1.29 is 27.4 Å². The van der Waals surface area contributed by atoms with Crippen molar-refractivity contribution in [1.29, 1.82) is 10.5 Å². The fourth-order valence-corrected chi connectivity index (χ4v) is 17.6. The van der Waals surface area contributed by atoms with E-state index in [1.54, 1.807) is 45.6 Å². The van der Waals surface area contributed by atoms with E-state index < -0.39 is 15.3 Å². The lowest BCUT2D eigenvalue weighted by Gasteiger charge is -2.33. The number of hydrogen-bond acceptors (Lipinski definition) is 10. The number of benzene rings is 14. The van der Waals surface area contributed by atoms with Crippen molar-refractivity contribution in [2.75, 3.05) is 37.7 Å². The van der Waals surface area contributed by atoms with Gasteiger partial charge in [0, 0.05) is 73.5 Å². The van der Waals surface area contributed by atoms with Crippen molar-refractivity contribution in [3.05, 3.63) is 347 Å². The summed E-state index contributed by atoms with van der Waals surface area (Å²) in [6.07, 6.45) is 0.631. The molecule has 0 atom stereocenters. The molecule has 0 fully saturated rings. The quantitative estimate of drug-likeness (QED) is 0.0867. The van der Waals surface area contributed by atoms with Crippen molar-refractivity contribution in [3.63, 3.8) is 0 Å². The Morgan fingerprint density at radius 2 is 0.667 bits per heavy atom. The molecule has 1 spiro atoms. The van der Waals surface area contributed by atoms with E-state index in [1.165, 1.54) is 11.1 Å². The van der Waals surface area contributed by atoms with Crippen molar-refractivity contribution >= 4 is 87.6 Å². The maximum absolute atomic E-state index is 14.5. The molecule has 2 aliphatic carbocycles. The SMILES string of the molecule is COc1ccc2c(c1)c1cc(OC)ccc1n2-c1ccc(S(=O)(=O)c2ccc(-n3c4ccc(OC)cc4c4cc(OCCc5ccc(N(c6ccc(C)cc6)c6ccc7c(c6)C6(c8cc(C#N)ccc8-c8ccc(C#N)cc86)c6cc(N(c8ccc(C)cc8)c8ccc(C)cc8)ccc6-7)cc5)ccc43)cc2)cc1. The van der Waals surface area contributed by atoms with E-state index in [2.05, 4.69) is 222 Å². The Hall–Kier alpha value is -13.6. The Bertz CT molecular complexity index is 6360. The molecule has 0 radical (unpaired) electrons. The van der Waals surface area contributed by atoms with Gasteiger partial charge in [0.25, 0.3) is 0 Å². The monoisotopic (exact) mass is 1420 g/mol. The summed E-state index contributed by atoms with van der Waals surface area (Å²) < 4.78 is 56.8. The van der Waals surface area contributed by atoms with Crippen LogP contribution in [0.5, 0.6) is 23.0 Å². The van der Waals surface area contributed by atoms with Crippen LogP contribution in [0.3, 0.4) is 0 Å². The topological polar surface area (TPSA) is 135 Å². The van der Waals surface area contributed by atoms with Gasteiger partial charge in [-0.15, -0.1) is 0 Å². The molecule has 2 aliphatic rings. The third-order valence-electron chi connectivity index (χ3n) is 21.7. The molecule has 14 aromatic carbocycles. The Labute approximate surface area is 626 Å². The molecule has 108 heavy (non-hydrogen) atoms. The summed E-state index contributed by atoms with van der Waals surface area (Å²) in [5.74, 6) is 2.88. The third kappa shape index (κ3) is 10.9. The summed E-state index contributed by atoms with van der Waals surface area (Å²) in [5.41, 5.74) is 24.4.